The molecule has 14 heavy (non-hydrogen) atoms. The highest BCUT2D eigenvalue weighted by Gasteiger charge is 2.12. The van der Waals surface area contributed by atoms with Crippen LogP contribution in [-0.4, -0.2) is 16.8 Å². The standard InChI is InChI=1S/C11H14O3/c1-3-9(12)8-6-5-7-10(11(8)13)14-4-2/h3,5-7,9,12-13H,1,4H2,2H3. The van der Waals surface area contributed by atoms with E-state index in [1.165, 1.54) is 6.08 Å². The van der Waals surface area contributed by atoms with Crippen LogP contribution in [0.25, 0.3) is 0 Å². The third kappa shape index (κ3) is 2.06. The van der Waals surface area contributed by atoms with Crippen LogP contribution in [0.4, 0.5) is 0 Å². The average molecular weight is 194 g/mol. The first-order valence-electron chi connectivity index (χ1n) is 4.46. The Bertz CT molecular complexity index is 320. The Labute approximate surface area is 83.3 Å². The van der Waals surface area contributed by atoms with Gasteiger partial charge >= 0.3 is 0 Å². The number of rotatable bonds is 4. The van der Waals surface area contributed by atoms with Crippen LogP contribution in [0.3, 0.4) is 0 Å². The first-order chi connectivity index (χ1) is 6.70. The molecule has 0 aliphatic heterocycles. The molecular formula is C11H14O3. The highest BCUT2D eigenvalue weighted by Crippen LogP contribution is 2.33. The fourth-order valence-corrected chi connectivity index (χ4v) is 1.18. The maximum absolute atomic E-state index is 9.69. The van der Waals surface area contributed by atoms with Gasteiger partial charge in [0.15, 0.2) is 11.5 Å². The summed E-state index contributed by atoms with van der Waals surface area (Å²) in [6.07, 6.45) is 0.487. The van der Waals surface area contributed by atoms with Crippen molar-refractivity contribution in [3.05, 3.63) is 36.4 Å². The quantitative estimate of drug-likeness (QED) is 0.721. The summed E-state index contributed by atoms with van der Waals surface area (Å²) in [6.45, 7) is 5.75. The number of phenols is 1. The van der Waals surface area contributed by atoms with Gasteiger partial charge in [0.1, 0.15) is 6.10 Å². The minimum atomic E-state index is -0.865. The molecule has 1 unspecified atom stereocenters. The molecule has 1 rings (SSSR count). The summed E-state index contributed by atoms with van der Waals surface area (Å²) in [5, 5.41) is 19.2. The van der Waals surface area contributed by atoms with E-state index in [0.717, 1.165) is 0 Å². The van der Waals surface area contributed by atoms with Crippen molar-refractivity contribution < 1.29 is 14.9 Å². The summed E-state index contributed by atoms with van der Waals surface area (Å²) in [5.74, 6) is 0.354. The number of phenolic OH excluding ortho intramolecular Hbond substituents is 1. The normalized spacial score (nSPS) is 12.1. The Hall–Kier alpha value is -1.48. The Morgan fingerprint density at radius 1 is 1.57 bits per heavy atom. The van der Waals surface area contributed by atoms with Crippen LogP contribution in [0.15, 0.2) is 30.9 Å². The molecule has 0 heterocycles. The van der Waals surface area contributed by atoms with Crippen molar-refractivity contribution in [2.75, 3.05) is 6.61 Å². The maximum Gasteiger partial charge on any atom is 0.163 e. The van der Waals surface area contributed by atoms with Crippen LogP contribution in [0.2, 0.25) is 0 Å². The maximum atomic E-state index is 9.69. The molecule has 0 bridgehead atoms. The summed E-state index contributed by atoms with van der Waals surface area (Å²) in [4.78, 5) is 0. The van der Waals surface area contributed by atoms with Crippen LogP contribution in [0, 0.1) is 0 Å². The lowest BCUT2D eigenvalue weighted by molar-refractivity contribution is 0.221. The minimum absolute atomic E-state index is 0.0262. The fourth-order valence-electron chi connectivity index (χ4n) is 1.18. The molecule has 76 valence electrons. The summed E-state index contributed by atoms with van der Waals surface area (Å²) in [7, 11) is 0. The van der Waals surface area contributed by atoms with E-state index in [1.807, 2.05) is 6.92 Å². The van der Waals surface area contributed by atoms with Gasteiger partial charge in [-0.1, -0.05) is 18.2 Å². The number of hydrogen-bond acceptors (Lipinski definition) is 3. The lowest BCUT2D eigenvalue weighted by atomic mass is 10.1. The number of benzene rings is 1. The molecule has 2 N–H and O–H groups in total. The number of para-hydroxylation sites is 1. The summed E-state index contributed by atoms with van der Waals surface area (Å²) >= 11 is 0. The zero-order valence-corrected chi connectivity index (χ0v) is 8.10. The largest absolute Gasteiger partial charge is 0.504 e. The second kappa shape index (κ2) is 4.67. The van der Waals surface area contributed by atoms with Crippen molar-refractivity contribution >= 4 is 0 Å². The van der Waals surface area contributed by atoms with Crippen molar-refractivity contribution in [3.63, 3.8) is 0 Å². The van der Waals surface area contributed by atoms with Gasteiger partial charge < -0.3 is 14.9 Å². The zero-order chi connectivity index (χ0) is 10.6. The van der Waals surface area contributed by atoms with Gasteiger partial charge in [-0.05, 0) is 13.0 Å². The molecule has 1 aromatic carbocycles. The van der Waals surface area contributed by atoms with E-state index in [1.54, 1.807) is 18.2 Å². The van der Waals surface area contributed by atoms with E-state index in [9.17, 15) is 10.2 Å². The summed E-state index contributed by atoms with van der Waals surface area (Å²) in [6, 6.07) is 5.00. The smallest absolute Gasteiger partial charge is 0.163 e. The van der Waals surface area contributed by atoms with Crippen LogP contribution in [-0.2, 0) is 0 Å². The SMILES string of the molecule is C=CC(O)c1cccc(OCC)c1O. The lowest BCUT2D eigenvalue weighted by Gasteiger charge is -2.11. The Morgan fingerprint density at radius 3 is 2.86 bits per heavy atom. The molecule has 0 amide bonds. The number of aliphatic hydroxyl groups excluding tert-OH is 1. The minimum Gasteiger partial charge on any atom is -0.504 e. The Morgan fingerprint density at radius 2 is 2.29 bits per heavy atom. The van der Waals surface area contributed by atoms with Gasteiger partial charge in [0.25, 0.3) is 0 Å². The van der Waals surface area contributed by atoms with Crippen molar-refractivity contribution in [2.45, 2.75) is 13.0 Å². The molecule has 1 aromatic rings. The first kappa shape index (κ1) is 10.6. The van der Waals surface area contributed by atoms with E-state index < -0.39 is 6.10 Å². The van der Waals surface area contributed by atoms with Crippen LogP contribution < -0.4 is 4.74 Å². The van der Waals surface area contributed by atoms with Crippen LogP contribution >= 0.6 is 0 Å². The lowest BCUT2D eigenvalue weighted by Crippen LogP contribution is -1.97. The zero-order valence-electron chi connectivity index (χ0n) is 8.10. The second-order valence-electron chi connectivity index (χ2n) is 2.81. The van der Waals surface area contributed by atoms with Gasteiger partial charge in [0.2, 0.25) is 0 Å². The Balaban J connectivity index is 3.06. The molecule has 3 heteroatoms. The third-order valence-corrected chi connectivity index (χ3v) is 1.87. The van der Waals surface area contributed by atoms with Gasteiger partial charge in [-0.2, -0.15) is 0 Å². The van der Waals surface area contributed by atoms with Crippen LogP contribution in [0.1, 0.15) is 18.6 Å². The summed E-state index contributed by atoms with van der Waals surface area (Å²) < 4.78 is 5.18. The predicted octanol–water partition coefficient (Wildman–Crippen LogP) is 2.01. The van der Waals surface area contributed by atoms with E-state index in [0.29, 0.717) is 17.9 Å². The van der Waals surface area contributed by atoms with E-state index >= 15 is 0 Å². The molecule has 0 aliphatic rings. The molecule has 0 spiro atoms. The Kier molecular flexibility index (Phi) is 3.54. The molecule has 0 saturated heterocycles. The number of aromatic hydroxyl groups is 1. The number of aliphatic hydroxyl groups is 1. The van der Waals surface area contributed by atoms with Crippen molar-refractivity contribution in [1.29, 1.82) is 0 Å². The van der Waals surface area contributed by atoms with E-state index in [-0.39, 0.29) is 5.75 Å². The number of hydrogen-bond donors (Lipinski definition) is 2. The fraction of sp³-hybridized carbons (Fsp3) is 0.273. The van der Waals surface area contributed by atoms with E-state index in [2.05, 4.69) is 6.58 Å². The topological polar surface area (TPSA) is 49.7 Å². The molecular weight excluding hydrogens is 180 g/mol. The highest BCUT2D eigenvalue weighted by atomic mass is 16.5. The average Bonchev–Trinajstić information content (AvgIpc) is 2.20. The highest BCUT2D eigenvalue weighted by molar-refractivity contribution is 5.47. The van der Waals surface area contributed by atoms with Gasteiger partial charge in [-0.15, -0.1) is 6.58 Å². The predicted molar refractivity (Wildman–Crippen MR) is 54.4 cm³/mol. The summed E-state index contributed by atoms with van der Waals surface area (Å²) in [5.41, 5.74) is 0.408. The molecule has 0 aliphatic carbocycles. The van der Waals surface area contributed by atoms with Gasteiger partial charge in [-0.25, -0.2) is 0 Å². The van der Waals surface area contributed by atoms with Crippen molar-refractivity contribution in [2.24, 2.45) is 0 Å². The third-order valence-electron chi connectivity index (χ3n) is 1.87. The number of ether oxygens (including phenoxy) is 1. The molecule has 0 radical (unpaired) electrons. The molecule has 0 saturated carbocycles. The van der Waals surface area contributed by atoms with Crippen LogP contribution in [0.5, 0.6) is 11.5 Å². The van der Waals surface area contributed by atoms with Crippen molar-refractivity contribution in [1.82, 2.24) is 0 Å². The molecule has 3 nitrogen and oxygen atoms in total. The second-order valence-corrected chi connectivity index (χ2v) is 2.81. The monoisotopic (exact) mass is 194 g/mol. The van der Waals surface area contributed by atoms with Gasteiger partial charge in [0.05, 0.1) is 6.61 Å². The molecule has 0 fully saturated rings. The van der Waals surface area contributed by atoms with Gasteiger partial charge in [0, 0.05) is 5.56 Å². The first-order valence-corrected chi connectivity index (χ1v) is 4.46. The van der Waals surface area contributed by atoms with E-state index in [4.69, 9.17) is 4.74 Å². The van der Waals surface area contributed by atoms with Gasteiger partial charge in [-0.3, -0.25) is 0 Å². The molecule has 0 aromatic heterocycles. The molecule has 1 atom stereocenters. The van der Waals surface area contributed by atoms with Crippen molar-refractivity contribution in [3.8, 4) is 11.5 Å².